The Morgan fingerprint density at radius 2 is 1.71 bits per heavy atom. The first-order chi connectivity index (χ1) is 10.1. The zero-order valence-corrected chi connectivity index (χ0v) is 12.7. The van der Waals surface area contributed by atoms with E-state index in [1.54, 1.807) is 7.11 Å². The summed E-state index contributed by atoms with van der Waals surface area (Å²) in [6.45, 7) is 3.98. The molecule has 0 saturated carbocycles. The van der Waals surface area contributed by atoms with Gasteiger partial charge in [0, 0.05) is 23.7 Å². The van der Waals surface area contributed by atoms with Crippen LogP contribution in [0.5, 0.6) is 5.75 Å². The molecule has 2 aromatic rings. The van der Waals surface area contributed by atoms with Gasteiger partial charge in [-0.25, -0.2) is 0 Å². The predicted octanol–water partition coefficient (Wildman–Crippen LogP) is 4.46. The van der Waals surface area contributed by atoms with E-state index < -0.39 is 0 Å². The van der Waals surface area contributed by atoms with E-state index in [0.29, 0.717) is 6.42 Å². The average molecular weight is 283 g/mol. The molecule has 0 aliphatic rings. The van der Waals surface area contributed by atoms with Gasteiger partial charge >= 0.3 is 0 Å². The lowest BCUT2D eigenvalue weighted by Gasteiger charge is -2.16. The van der Waals surface area contributed by atoms with Crippen molar-refractivity contribution in [2.45, 2.75) is 26.3 Å². The summed E-state index contributed by atoms with van der Waals surface area (Å²) in [5.41, 5.74) is 2.95. The highest BCUT2D eigenvalue weighted by Crippen LogP contribution is 2.22. The molecule has 1 atom stereocenters. The van der Waals surface area contributed by atoms with Crippen molar-refractivity contribution in [1.29, 1.82) is 0 Å². The first-order valence-electron chi connectivity index (χ1n) is 7.17. The second kappa shape index (κ2) is 6.93. The molecule has 0 amide bonds. The van der Waals surface area contributed by atoms with Crippen LogP contribution in [0.3, 0.4) is 0 Å². The smallest absolute Gasteiger partial charge is 0.162 e. The normalized spacial score (nSPS) is 11.8. The Labute approximate surface area is 126 Å². The van der Waals surface area contributed by atoms with Crippen LogP contribution >= 0.6 is 0 Å². The van der Waals surface area contributed by atoms with Crippen molar-refractivity contribution in [3.8, 4) is 5.75 Å². The Bertz CT molecular complexity index is 588. The Morgan fingerprint density at radius 1 is 1.10 bits per heavy atom. The summed E-state index contributed by atoms with van der Waals surface area (Å²) >= 11 is 0. The summed E-state index contributed by atoms with van der Waals surface area (Å²) in [6.07, 6.45) is 0.537. The van der Waals surface area contributed by atoms with E-state index in [-0.39, 0.29) is 11.8 Å². The van der Waals surface area contributed by atoms with Crippen molar-refractivity contribution in [3.05, 3.63) is 59.7 Å². The number of benzene rings is 2. The molecule has 0 saturated heterocycles. The number of anilines is 1. The van der Waals surface area contributed by atoms with Gasteiger partial charge in [-0.1, -0.05) is 19.1 Å². The van der Waals surface area contributed by atoms with E-state index in [9.17, 15) is 4.79 Å². The van der Waals surface area contributed by atoms with Gasteiger partial charge in [0.15, 0.2) is 5.78 Å². The number of carbonyl (C=O) groups excluding carboxylic acids is 1. The lowest BCUT2D eigenvalue weighted by atomic mass is 10.1. The van der Waals surface area contributed by atoms with Crippen LogP contribution in [0.1, 0.15) is 42.2 Å². The highest BCUT2D eigenvalue weighted by Gasteiger charge is 2.07. The third-order valence-corrected chi connectivity index (χ3v) is 3.53. The van der Waals surface area contributed by atoms with E-state index in [1.807, 2.05) is 55.5 Å². The zero-order valence-electron chi connectivity index (χ0n) is 12.7. The largest absolute Gasteiger partial charge is 0.497 e. The molecule has 1 N–H and O–H groups in total. The molecule has 3 heteroatoms. The van der Waals surface area contributed by atoms with Crippen molar-refractivity contribution in [2.24, 2.45) is 0 Å². The molecule has 0 aromatic heterocycles. The van der Waals surface area contributed by atoms with Crippen LogP contribution in [0.15, 0.2) is 48.5 Å². The summed E-state index contributed by atoms with van der Waals surface area (Å²) in [5, 5.41) is 3.43. The number of carbonyl (C=O) groups is 1. The van der Waals surface area contributed by atoms with Gasteiger partial charge in [-0.05, 0) is 48.9 Å². The minimum Gasteiger partial charge on any atom is -0.497 e. The number of hydrogen-bond acceptors (Lipinski definition) is 3. The topological polar surface area (TPSA) is 38.3 Å². The second-order valence-electron chi connectivity index (χ2n) is 4.99. The van der Waals surface area contributed by atoms with Crippen LogP contribution in [0.25, 0.3) is 0 Å². The van der Waals surface area contributed by atoms with Gasteiger partial charge in [-0.2, -0.15) is 0 Å². The predicted molar refractivity (Wildman–Crippen MR) is 86.1 cm³/mol. The minimum atomic E-state index is 0.171. The van der Waals surface area contributed by atoms with Crippen LogP contribution in [-0.4, -0.2) is 12.9 Å². The minimum absolute atomic E-state index is 0.171. The quantitative estimate of drug-likeness (QED) is 0.795. The van der Waals surface area contributed by atoms with Gasteiger partial charge in [-0.15, -0.1) is 0 Å². The fraction of sp³-hybridized carbons (Fsp3) is 0.278. The van der Waals surface area contributed by atoms with Crippen LogP contribution in [0.2, 0.25) is 0 Å². The molecule has 0 heterocycles. The van der Waals surface area contributed by atoms with Gasteiger partial charge in [0.05, 0.1) is 7.11 Å². The van der Waals surface area contributed by atoms with Crippen LogP contribution < -0.4 is 10.1 Å². The number of methoxy groups -OCH3 is 1. The van der Waals surface area contributed by atoms with Crippen LogP contribution in [-0.2, 0) is 0 Å². The highest BCUT2D eigenvalue weighted by molar-refractivity contribution is 5.96. The summed E-state index contributed by atoms with van der Waals surface area (Å²) in [5.74, 6) is 1.03. The molecule has 3 nitrogen and oxygen atoms in total. The van der Waals surface area contributed by atoms with E-state index in [1.165, 1.54) is 5.56 Å². The molecular weight excluding hydrogens is 262 g/mol. The van der Waals surface area contributed by atoms with Crippen LogP contribution in [0, 0.1) is 0 Å². The number of nitrogens with one attached hydrogen (secondary N) is 1. The molecular formula is C18H21NO2. The number of Topliss-reactive ketones (excluding diaryl/α,β-unsaturated/α-hetero) is 1. The Morgan fingerprint density at radius 3 is 2.24 bits per heavy atom. The SMILES string of the molecule is CCC(=O)c1ccc(NC(C)c2ccc(OC)cc2)cc1. The fourth-order valence-electron chi connectivity index (χ4n) is 2.18. The van der Waals surface area contributed by atoms with Gasteiger partial charge < -0.3 is 10.1 Å². The van der Waals surface area contributed by atoms with Crippen LogP contribution in [0.4, 0.5) is 5.69 Å². The lowest BCUT2D eigenvalue weighted by molar-refractivity contribution is 0.0988. The Hall–Kier alpha value is -2.29. The van der Waals surface area contributed by atoms with Gasteiger partial charge in [-0.3, -0.25) is 4.79 Å². The first kappa shape index (κ1) is 15.1. The third kappa shape index (κ3) is 3.85. The summed E-state index contributed by atoms with van der Waals surface area (Å²) in [7, 11) is 1.66. The zero-order chi connectivity index (χ0) is 15.2. The molecule has 1 unspecified atom stereocenters. The molecule has 0 radical (unpaired) electrons. The number of hydrogen-bond donors (Lipinski definition) is 1. The van der Waals surface area contributed by atoms with Gasteiger partial charge in [0.2, 0.25) is 0 Å². The number of ketones is 1. The molecule has 0 spiro atoms. The van der Waals surface area contributed by atoms with E-state index in [4.69, 9.17) is 4.74 Å². The van der Waals surface area contributed by atoms with Crippen molar-refractivity contribution >= 4 is 11.5 Å². The van der Waals surface area contributed by atoms with Crippen molar-refractivity contribution in [2.75, 3.05) is 12.4 Å². The number of ether oxygens (including phenoxy) is 1. The highest BCUT2D eigenvalue weighted by atomic mass is 16.5. The summed E-state index contributed by atoms with van der Waals surface area (Å²) < 4.78 is 5.16. The van der Waals surface area contributed by atoms with E-state index in [2.05, 4.69) is 12.2 Å². The third-order valence-electron chi connectivity index (χ3n) is 3.53. The summed E-state index contributed by atoms with van der Waals surface area (Å²) in [6, 6.07) is 15.8. The molecule has 21 heavy (non-hydrogen) atoms. The first-order valence-corrected chi connectivity index (χ1v) is 7.17. The monoisotopic (exact) mass is 283 g/mol. The Balaban J connectivity index is 2.04. The van der Waals surface area contributed by atoms with Gasteiger partial charge in [0.1, 0.15) is 5.75 Å². The van der Waals surface area contributed by atoms with E-state index in [0.717, 1.165) is 17.0 Å². The van der Waals surface area contributed by atoms with Crippen molar-refractivity contribution in [3.63, 3.8) is 0 Å². The van der Waals surface area contributed by atoms with E-state index >= 15 is 0 Å². The Kier molecular flexibility index (Phi) is 4.99. The van der Waals surface area contributed by atoms with Gasteiger partial charge in [0.25, 0.3) is 0 Å². The molecule has 0 aliphatic heterocycles. The summed E-state index contributed by atoms with van der Waals surface area (Å²) in [4.78, 5) is 11.6. The molecule has 110 valence electrons. The maximum absolute atomic E-state index is 11.6. The standard InChI is InChI=1S/C18H21NO2/c1-4-18(20)15-5-9-16(10-6-15)19-13(2)14-7-11-17(21-3)12-8-14/h5-13,19H,4H2,1-3H3. The lowest BCUT2D eigenvalue weighted by Crippen LogP contribution is -2.06. The van der Waals surface area contributed by atoms with Crippen molar-refractivity contribution < 1.29 is 9.53 Å². The second-order valence-corrected chi connectivity index (χ2v) is 4.99. The molecule has 2 rings (SSSR count). The average Bonchev–Trinajstić information content (AvgIpc) is 2.55. The molecule has 2 aromatic carbocycles. The maximum Gasteiger partial charge on any atom is 0.162 e. The molecule has 0 aliphatic carbocycles. The number of rotatable bonds is 6. The molecule has 0 fully saturated rings. The molecule has 0 bridgehead atoms. The van der Waals surface area contributed by atoms with Crippen molar-refractivity contribution in [1.82, 2.24) is 0 Å². The maximum atomic E-state index is 11.6. The fourth-order valence-corrected chi connectivity index (χ4v) is 2.18.